The van der Waals surface area contributed by atoms with E-state index in [1.165, 1.54) is 0 Å². The molecule has 1 aliphatic rings. The van der Waals surface area contributed by atoms with Crippen molar-refractivity contribution in [2.75, 3.05) is 13.2 Å². The van der Waals surface area contributed by atoms with Gasteiger partial charge in [-0.1, -0.05) is 27.7 Å². The van der Waals surface area contributed by atoms with E-state index in [2.05, 4.69) is 33.9 Å². The van der Waals surface area contributed by atoms with Gasteiger partial charge in [-0.05, 0) is 37.4 Å². The average molecular weight is 305 g/mol. The fourth-order valence-corrected chi connectivity index (χ4v) is 2.86. The van der Waals surface area contributed by atoms with Crippen LogP contribution in [0.15, 0.2) is 0 Å². The highest BCUT2D eigenvalue weighted by Crippen LogP contribution is 2.36. The minimum absolute atomic E-state index is 0.0466. The van der Waals surface area contributed by atoms with Crippen molar-refractivity contribution in [3.8, 4) is 0 Å². The van der Waals surface area contributed by atoms with E-state index in [1.807, 2.05) is 6.92 Å². The quantitative estimate of drug-likeness (QED) is 0.602. The van der Waals surface area contributed by atoms with Crippen molar-refractivity contribution in [1.82, 2.24) is 0 Å². The van der Waals surface area contributed by atoms with Crippen LogP contribution in [0.4, 0.5) is 0 Å². The topological polar surface area (TPSA) is 47.9 Å². The Labute approximate surface area is 124 Å². The minimum Gasteiger partial charge on any atom is -0.416 e. The molecular formula is C15H32O4Si. The fourth-order valence-electron chi connectivity index (χ4n) is 1.75. The smallest absolute Gasteiger partial charge is 0.191 e. The first-order valence-corrected chi connectivity index (χ1v) is 10.6. The van der Waals surface area contributed by atoms with E-state index in [0.29, 0.717) is 6.61 Å². The first-order valence-electron chi connectivity index (χ1n) is 7.72. The van der Waals surface area contributed by atoms with Gasteiger partial charge in [-0.3, -0.25) is 0 Å². The first kappa shape index (κ1) is 18.1. The highest BCUT2D eigenvalue weighted by atomic mass is 28.4. The molecule has 0 spiro atoms. The fraction of sp³-hybridized carbons (Fsp3) is 1.00. The number of hydrogen-bond acceptors (Lipinski definition) is 4. The maximum Gasteiger partial charge on any atom is 0.191 e. The summed E-state index contributed by atoms with van der Waals surface area (Å²) in [5.74, 6) is -0.0466. The van der Waals surface area contributed by atoms with Gasteiger partial charge in [0.25, 0.3) is 0 Å². The molecular weight excluding hydrogens is 272 g/mol. The van der Waals surface area contributed by atoms with E-state index in [-0.39, 0.29) is 17.2 Å². The number of aliphatic hydroxyl groups is 1. The van der Waals surface area contributed by atoms with Crippen LogP contribution in [-0.4, -0.2) is 39.2 Å². The van der Waals surface area contributed by atoms with Crippen LogP contribution in [0.1, 0.15) is 47.0 Å². The molecule has 1 N–H and O–H groups in total. The van der Waals surface area contributed by atoms with Gasteiger partial charge in [0.05, 0.1) is 0 Å². The Balaban J connectivity index is 2.36. The molecule has 0 saturated carbocycles. The van der Waals surface area contributed by atoms with E-state index in [1.54, 1.807) is 0 Å². The van der Waals surface area contributed by atoms with Crippen LogP contribution in [0, 0.1) is 5.92 Å². The summed E-state index contributed by atoms with van der Waals surface area (Å²) >= 11 is 0. The summed E-state index contributed by atoms with van der Waals surface area (Å²) in [4.78, 5) is 0. The van der Waals surface area contributed by atoms with Crippen LogP contribution >= 0.6 is 0 Å². The number of hydrogen-bond donors (Lipinski definition) is 1. The molecule has 0 aromatic heterocycles. The van der Waals surface area contributed by atoms with E-state index in [0.717, 1.165) is 25.9 Å². The lowest BCUT2D eigenvalue weighted by molar-refractivity contribution is -0.255. The van der Waals surface area contributed by atoms with Crippen LogP contribution in [0.3, 0.4) is 0 Å². The molecule has 1 unspecified atom stereocenters. The third-order valence-electron chi connectivity index (χ3n) is 4.43. The van der Waals surface area contributed by atoms with Crippen molar-refractivity contribution in [1.29, 1.82) is 0 Å². The Morgan fingerprint density at radius 1 is 1.30 bits per heavy atom. The Hall–Kier alpha value is 0.0569. The Morgan fingerprint density at radius 2 is 1.95 bits per heavy atom. The zero-order valence-corrected chi connectivity index (χ0v) is 14.9. The van der Waals surface area contributed by atoms with Crippen molar-refractivity contribution >= 4 is 8.32 Å². The molecule has 1 saturated heterocycles. The summed E-state index contributed by atoms with van der Waals surface area (Å²) in [7, 11) is -1.76. The highest BCUT2D eigenvalue weighted by molar-refractivity contribution is 6.74. The molecule has 0 bridgehead atoms. The van der Waals surface area contributed by atoms with E-state index >= 15 is 0 Å². The van der Waals surface area contributed by atoms with Gasteiger partial charge in [0.1, 0.15) is 0 Å². The maximum absolute atomic E-state index is 10.1. The molecule has 0 aromatic carbocycles. The maximum atomic E-state index is 10.1. The summed E-state index contributed by atoms with van der Waals surface area (Å²) < 4.78 is 17.2. The van der Waals surface area contributed by atoms with E-state index in [9.17, 15) is 5.11 Å². The predicted molar refractivity (Wildman–Crippen MR) is 83.0 cm³/mol. The molecule has 0 radical (unpaired) electrons. The Morgan fingerprint density at radius 3 is 2.45 bits per heavy atom. The van der Waals surface area contributed by atoms with Crippen LogP contribution in [0.2, 0.25) is 18.1 Å². The first-order chi connectivity index (χ1) is 9.13. The van der Waals surface area contributed by atoms with Gasteiger partial charge in [-0.15, -0.1) is 0 Å². The van der Waals surface area contributed by atoms with Crippen LogP contribution in [0.5, 0.6) is 0 Å². The third kappa shape index (κ3) is 5.45. The monoisotopic (exact) mass is 304 g/mol. The second kappa shape index (κ2) is 7.36. The zero-order chi connectivity index (χ0) is 15.4. The van der Waals surface area contributed by atoms with E-state index < -0.39 is 14.6 Å². The second-order valence-electron chi connectivity index (χ2n) is 7.37. The van der Waals surface area contributed by atoms with Crippen molar-refractivity contribution in [3.05, 3.63) is 0 Å². The summed E-state index contributed by atoms with van der Waals surface area (Å²) in [6.07, 6.45) is 1.98. The molecule has 5 heteroatoms. The number of rotatable bonds is 6. The molecule has 1 aliphatic heterocycles. The van der Waals surface area contributed by atoms with Crippen LogP contribution < -0.4 is 0 Å². The molecule has 1 fully saturated rings. The molecule has 1 heterocycles. The van der Waals surface area contributed by atoms with Gasteiger partial charge in [0.15, 0.2) is 20.9 Å². The third-order valence-corrected chi connectivity index (χ3v) is 8.93. The minimum atomic E-state index is -1.76. The zero-order valence-electron chi connectivity index (χ0n) is 13.9. The molecule has 0 aromatic rings. The van der Waals surface area contributed by atoms with Crippen LogP contribution in [0.25, 0.3) is 0 Å². The molecule has 4 nitrogen and oxygen atoms in total. The molecule has 1 rings (SSSR count). The van der Waals surface area contributed by atoms with Gasteiger partial charge in [0, 0.05) is 19.1 Å². The van der Waals surface area contributed by atoms with E-state index in [4.69, 9.17) is 13.9 Å². The van der Waals surface area contributed by atoms with Gasteiger partial charge >= 0.3 is 0 Å². The SMILES string of the molecule is C[C@@H](CO[Si](C)(C)C(C)(C)C)[C@H](O)OC1CCCCO1. The Bertz CT molecular complexity index is 282. The summed E-state index contributed by atoms with van der Waals surface area (Å²) in [6.45, 7) is 14.3. The number of aliphatic hydroxyl groups excluding tert-OH is 1. The normalized spacial score (nSPS) is 24.4. The summed E-state index contributed by atoms with van der Waals surface area (Å²) in [5.41, 5.74) is 0. The number of ether oxygens (including phenoxy) is 2. The Kier molecular flexibility index (Phi) is 6.66. The van der Waals surface area contributed by atoms with Gasteiger partial charge < -0.3 is 19.0 Å². The molecule has 120 valence electrons. The summed E-state index contributed by atoms with van der Waals surface area (Å²) in [5, 5.41) is 10.3. The van der Waals surface area contributed by atoms with Crippen molar-refractivity contribution in [2.24, 2.45) is 5.92 Å². The molecule has 0 aliphatic carbocycles. The van der Waals surface area contributed by atoms with Gasteiger partial charge in [-0.2, -0.15) is 0 Å². The lowest BCUT2D eigenvalue weighted by Crippen LogP contribution is -2.43. The van der Waals surface area contributed by atoms with Gasteiger partial charge in [0.2, 0.25) is 0 Å². The highest BCUT2D eigenvalue weighted by Gasteiger charge is 2.37. The largest absolute Gasteiger partial charge is 0.416 e. The van der Waals surface area contributed by atoms with Crippen molar-refractivity contribution in [3.63, 3.8) is 0 Å². The van der Waals surface area contributed by atoms with Crippen molar-refractivity contribution < 1.29 is 19.0 Å². The predicted octanol–water partition coefficient (Wildman–Crippen LogP) is 3.51. The molecule has 0 amide bonds. The molecule has 3 atom stereocenters. The lowest BCUT2D eigenvalue weighted by Gasteiger charge is -2.37. The van der Waals surface area contributed by atoms with Crippen molar-refractivity contribution in [2.45, 2.75) is 77.7 Å². The second-order valence-corrected chi connectivity index (χ2v) is 12.2. The lowest BCUT2D eigenvalue weighted by atomic mass is 10.2. The van der Waals surface area contributed by atoms with Gasteiger partial charge in [-0.25, -0.2) is 0 Å². The average Bonchev–Trinajstić information content (AvgIpc) is 2.35. The van der Waals surface area contributed by atoms with Crippen LogP contribution in [-0.2, 0) is 13.9 Å². The molecule has 20 heavy (non-hydrogen) atoms. The standard InChI is InChI=1S/C15H32O4Si/c1-12(11-18-20(5,6)15(2,3)4)14(16)19-13-9-7-8-10-17-13/h12-14,16H,7-11H2,1-6H3/t12-,13?,14+/m0/s1. The summed E-state index contributed by atoms with van der Waals surface area (Å²) in [6, 6.07) is 0.